The number of aromatic nitrogens is 4. The topological polar surface area (TPSA) is 72.7 Å². The van der Waals surface area contributed by atoms with Gasteiger partial charge in [0.15, 0.2) is 11.0 Å². The fourth-order valence-corrected chi connectivity index (χ4v) is 4.02. The number of pyridine rings is 1. The molecule has 31 heavy (non-hydrogen) atoms. The number of anilines is 1. The molecule has 2 heterocycles. The van der Waals surface area contributed by atoms with Crippen molar-refractivity contribution >= 4 is 46.6 Å². The van der Waals surface area contributed by atoms with Crippen LogP contribution in [0, 0.1) is 0 Å². The summed E-state index contributed by atoms with van der Waals surface area (Å²) in [5.74, 6) is 0.646. The van der Waals surface area contributed by atoms with Crippen molar-refractivity contribution in [3.05, 3.63) is 88.7 Å². The molecule has 0 aliphatic rings. The van der Waals surface area contributed by atoms with Crippen molar-refractivity contribution in [2.75, 3.05) is 11.1 Å². The summed E-state index contributed by atoms with van der Waals surface area (Å²) < 4.78 is 2.00. The second kappa shape index (κ2) is 9.96. The maximum absolute atomic E-state index is 12.5. The molecule has 1 amide bonds. The van der Waals surface area contributed by atoms with Gasteiger partial charge >= 0.3 is 0 Å². The maximum atomic E-state index is 12.5. The highest BCUT2D eigenvalue weighted by molar-refractivity contribution is 7.99. The first-order valence-corrected chi connectivity index (χ1v) is 11.1. The molecule has 0 saturated heterocycles. The number of carbonyl (C=O) groups is 1. The molecule has 0 aliphatic heterocycles. The van der Waals surface area contributed by atoms with Crippen LogP contribution in [0.3, 0.4) is 0 Å². The number of nitrogens with zero attached hydrogens (tertiary/aromatic N) is 4. The van der Waals surface area contributed by atoms with Crippen LogP contribution in [-0.2, 0) is 11.3 Å². The fourth-order valence-electron chi connectivity index (χ4n) is 2.94. The van der Waals surface area contributed by atoms with Gasteiger partial charge < -0.3 is 5.32 Å². The molecule has 0 unspecified atom stereocenters. The second-order valence-corrected chi connectivity index (χ2v) is 8.28. The first-order chi connectivity index (χ1) is 15.1. The number of carbonyl (C=O) groups excluding carboxylic acids is 1. The van der Waals surface area contributed by atoms with Crippen LogP contribution in [-0.4, -0.2) is 31.4 Å². The van der Waals surface area contributed by atoms with Crippen molar-refractivity contribution in [2.45, 2.75) is 11.7 Å². The van der Waals surface area contributed by atoms with Gasteiger partial charge in [0.1, 0.15) is 0 Å². The lowest BCUT2D eigenvalue weighted by atomic mass is 10.2. The quantitative estimate of drug-likeness (QED) is 0.365. The van der Waals surface area contributed by atoms with Crippen LogP contribution in [0.25, 0.3) is 11.4 Å². The molecular formula is C22H17Cl2N5OS. The Morgan fingerprint density at radius 1 is 0.968 bits per heavy atom. The molecule has 0 bridgehead atoms. The predicted octanol–water partition coefficient (Wildman–Crippen LogP) is 5.43. The van der Waals surface area contributed by atoms with Gasteiger partial charge in [-0.1, -0.05) is 71.4 Å². The van der Waals surface area contributed by atoms with E-state index in [0.29, 0.717) is 33.3 Å². The summed E-state index contributed by atoms with van der Waals surface area (Å²) in [5, 5.41) is 12.8. The number of nitrogens with one attached hydrogen (secondary N) is 1. The average molecular weight is 470 g/mol. The van der Waals surface area contributed by atoms with Gasteiger partial charge in [-0.05, 0) is 29.8 Å². The van der Waals surface area contributed by atoms with Crippen molar-refractivity contribution in [2.24, 2.45) is 0 Å². The van der Waals surface area contributed by atoms with Gasteiger partial charge in [0.2, 0.25) is 5.91 Å². The number of halogens is 2. The van der Waals surface area contributed by atoms with E-state index in [4.69, 9.17) is 23.2 Å². The molecule has 156 valence electrons. The lowest BCUT2D eigenvalue weighted by Gasteiger charge is -2.11. The molecule has 0 aliphatic carbocycles. The van der Waals surface area contributed by atoms with Crippen molar-refractivity contribution < 1.29 is 4.79 Å². The highest BCUT2D eigenvalue weighted by Crippen LogP contribution is 2.30. The molecule has 6 nitrogen and oxygen atoms in total. The molecule has 4 aromatic rings. The first-order valence-electron chi connectivity index (χ1n) is 9.36. The molecule has 0 radical (unpaired) electrons. The summed E-state index contributed by atoms with van der Waals surface area (Å²) in [6, 6.07) is 18.9. The molecule has 0 atom stereocenters. The van der Waals surface area contributed by atoms with E-state index < -0.39 is 0 Å². The van der Waals surface area contributed by atoms with E-state index in [1.54, 1.807) is 30.6 Å². The van der Waals surface area contributed by atoms with Gasteiger partial charge in [-0.25, -0.2) is 0 Å². The Labute approximate surface area is 193 Å². The van der Waals surface area contributed by atoms with Crippen LogP contribution < -0.4 is 5.32 Å². The largest absolute Gasteiger partial charge is 0.324 e. The number of rotatable bonds is 7. The predicted molar refractivity (Wildman–Crippen MR) is 125 cm³/mol. The Morgan fingerprint density at radius 2 is 1.74 bits per heavy atom. The van der Waals surface area contributed by atoms with Crippen LogP contribution in [0.2, 0.25) is 10.0 Å². The number of thioether (sulfide) groups is 1. The van der Waals surface area contributed by atoms with Gasteiger partial charge in [0, 0.05) is 18.0 Å². The fraction of sp³-hybridized carbons (Fsp3) is 0.0909. The van der Waals surface area contributed by atoms with Gasteiger partial charge in [-0.3, -0.25) is 14.3 Å². The zero-order valence-electron chi connectivity index (χ0n) is 16.2. The minimum atomic E-state index is -0.214. The van der Waals surface area contributed by atoms with Crippen LogP contribution in [0.4, 0.5) is 5.69 Å². The molecular weight excluding hydrogens is 453 g/mol. The molecule has 0 fully saturated rings. The SMILES string of the molecule is O=C(CSc1nnc(-c2ccncc2)n1Cc1ccccc1)Nc1cccc(Cl)c1Cl. The number of hydrogen-bond donors (Lipinski definition) is 1. The Hall–Kier alpha value is -2.87. The minimum Gasteiger partial charge on any atom is -0.324 e. The average Bonchev–Trinajstić information content (AvgIpc) is 3.19. The van der Waals surface area contributed by atoms with E-state index >= 15 is 0 Å². The van der Waals surface area contributed by atoms with E-state index in [-0.39, 0.29) is 11.7 Å². The normalized spacial score (nSPS) is 10.8. The molecule has 0 spiro atoms. The third kappa shape index (κ3) is 5.25. The summed E-state index contributed by atoms with van der Waals surface area (Å²) >= 11 is 13.5. The van der Waals surface area contributed by atoms with Gasteiger partial charge in [-0.15, -0.1) is 10.2 Å². The van der Waals surface area contributed by atoms with Crippen LogP contribution in [0.5, 0.6) is 0 Å². The standard InChI is InChI=1S/C22H17Cl2N5OS/c23-17-7-4-8-18(20(17)24)26-19(30)14-31-22-28-27-21(16-9-11-25-12-10-16)29(22)13-15-5-2-1-3-6-15/h1-12H,13-14H2,(H,26,30). The van der Waals surface area contributed by atoms with E-state index in [0.717, 1.165) is 11.1 Å². The molecule has 2 aromatic carbocycles. The lowest BCUT2D eigenvalue weighted by molar-refractivity contribution is -0.113. The summed E-state index contributed by atoms with van der Waals surface area (Å²) in [6.45, 7) is 0.579. The zero-order chi connectivity index (χ0) is 21.6. The third-order valence-electron chi connectivity index (χ3n) is 4.40. The van der Waals surface area contributed by atoms with Crippen molar-refractivity contribution in [3.63, 3.8) is 0 Å². The Bertz CT molecular complexity index is 1190. The minimum absolute atomic E-state index is 0.145. The highest BCUT2D eigenvalue weighted by Gasteiger charge is 2.17. The third-order valence-corrected chi connectivity index (χ3v) is 6.18. The van der Waals surface area contributed by atoms with Crippen molar-refractivity contribution in [3.8, 4) is 11.4 Å². The van der Waals surface area contributed by atoms with Crippen LogP contribution in [0.1, 0.15) is 5.56 Å². The van der Waals surface area contributed by atoms with Gasteiger partial charge in [-0.2, -0.15) is 0 Å². The molecule has 2 aromatic heterocycles. The van der Waals surface area contributed by atoms with E-state index in [1.807, 2.05) is 47.0 Å². The number of benzene rings is 2. The summed E-state index contributed by atoms with van der Waals surface area (Å²) in [4.78, 5) is 16.6. The zero-order valence-corrected chi connectivity index (χ0v) is 18.5. The molecule has 4 rings (SSSR count). The summed E-state index contributed by atoms with van der Waals surface area (Å²) in [6.07, 6.45) is 3.43. The van der Waals surface area contributed by atoms with E-state index in [9.17, 15) is 4.79 Å². The number of hydrogen-bond acceptors (Lipinski definition) is 5. The second-order valence-electron chi connectivity index (χ2n) is 6.55. The Morgan fingerprint density at radius 3 is 2.52 bits per heavy atom. The maximum Gasteiger partial charge on any atom is 0.234 e. The van der Waals surface area contributed by atoms with Gasteiger partial charge in [0.25, 0.3) is 0 Å². The molecule has 0 saturated carbocycles. The van der Waals surface area contributed by atoms with Crippen molar-refractivity contribution in [1.29, 1.82) is 0 Å². The van der Waals surface area contributed by atoms with Gasteiger partial charge in [0.05, 0.1) is 28.0 Å². The van der Waals surface area contributed by atoms with Crippen LogP contribution in [0.15, 0.2) is 78.2 Å². The lowest BCUT2D eigenvalue weighted by Crippen LogP contribution is -2.15. The van der Waals surface area contributed by atoms with Crippen molar-refractivity contribution in [1.82, 2.24) is 19.7 Å². The van der Waals surface area contributed by atoms with E-state index in [2.05, 4.69) is 20.5 Å². The highest BCUT2D eigenvalue weighted by atomic mass is 35.5. The molecule has 9 heteroatoms. The van der Waals surface area contributed by atoms with Crippen LogP contribution >= 0.6 is 35.0 Å². The monoisotopic (exact) mass is 469 g/mol. The Kier molecular flexibility index (Phi) is 6.86. The first kappa shape index (κ1) is 21.4. The molecule has 1 N–H and O–H groups in total. The summed E-state index contributed by atoms with van der Waals surface area (Å²) in [7, 11) is 0. The Balaban J connectivity index is 1.54. The van der Waals surface area contributed by atoms with E-state index in [1.165, 1.54) is 11.8 Å². The number of amides is 1. The summed E-state index contributed by atoms with van der Waals surface area (Å²) in [5.41, 5.74) is 2.48. The smallest absolute Gasteiger partial charge is 0.234 e.